The van der Waals surface area contributed by atoms with Crippen molar-refractivity contribution in [3.63, 3.8) is 0 Å². The molecule has 1 aliphatic heterocycles. The lowest BCUT2D eigenvalue weighted by atomic mass is 9.87. The van der Waals surface area contributed by atoms with E-state index in [0.29, 0.717) is 6.54 Å². The molecular weight excluding hydrogens is 346 g/mol. The highest BCUT2D eigenvalue weighted by atomic mass is 32.1. The highest BCUT2D eigenvalue weighted by molar-refractivity contribution is 7.15. The van der Waals surface area contributed by atoms with Gasteiger partial charge in [0.25, 0.3) is 5.56 Å². The van der Waals surface area contributed by atoms with Gasteiger partial charge in [0.2, 0.25) is 0 Å². The third-order valence-electron chi connectivity index (χ3n) is 5.23. The Kier molecular flexibility index (Phi) is 4.89. The molecule has 0 radical (unpaired) electrons. The van der Waals surface area contributed by atoms with Crippen molar-refractivity contribution in [1.82, 2.24) is 14.3 Å². The van der Waals surface area contributed by atoms with Crippen LogP contribution in [0.4, 0.5) is 0 Å². The van der Waals surface area contributed by atoms with E-state index in [1.54, 1.807) is 10.5 Å². The lowest BCUT2D eigenvalue weighted by Gasteiger charge is -2.34. The fourth-order valence-corrected chi connectivity index (χ4v) is 4.65. The summed E-state index contributed by atoms with van der Waals surface area (Å²) in [6, 6.07) is 11.6. The number of aromatic nitrogens is 2. The minimum atomic E-state index is -0.397. The van der Waals surface area contributed by atoms with E-state index in [2.05, 4.69) is 9.88 Å². The van der Waals surface area contributed by atoms with Crippen LogP contribution in [0.15, 0.2) is 46.6 Å². The number of hydrogen-bond acceptors (Lipinski definition) is 5. The van der Waals surface area contributed by atoms with Crippen LogP contribution in [-0.4, -0.2) is 32.5 Å². The third-order valence-corrected chi connectivity index (χ3v) is 6.18. The number of fused-ring (bicyclic) bond motifs is 1. The molecule has 1 aliphatic rings. The van der Waals surface area contributed by atoms with Gasteiger partial charge in [-0.3, -0.25) is 14.1 Å². The molecule has 3 heterocycles. The first-order valence-corrected chi connectivity index (χ1v) is 9.92. The van der Waals surface area contributed by atoms with Gasteiger partial charge in [-0.15, -0.1) is 11.3 Å². The van der Waals surface area contributed by atoms with Gasteiger partial charge < -0.3 is 5.11 Å². The summed E-state index contributed by atoms with van der Waals surface area (Å²) in [5.74, 6) is 0.287. The quantitative estimate of drug-likeness (QED) is 0.768. The highest BCUT2D eigenvalue weighted by Gasteiger charge is 2.26. The number of thiazole rings is 1. The van der Waals surface area contributed by atoms with Crippen LogP contribution in [0, 0.1) is 12.8 Å². The number of hydrogen-bond donors (Lipinski definition) is 1. The summed E-state index contributed by atoms with van der Waals surface area (Å²) in [6.45, 7) is 4.45. The van der Waals surface area contributed by atoms with Crippen LogP contribution in [0.25, 0.3) is 4.96 Å². The largest absolute Gasteiger partial charge is 0.388 e. The predicted molar refractivity (Wildman–Crippen MR) is 103 cm³/mol. The number of rotatable bonds is 4. The van der Waals surface area contributed by atoms with E-state index in [-0.39, 0.29) is 11.5 Å². The number of likely N-dealkylation sites (tertiary alicyclic amines) is 1. The molecule has 2 aromatic heterocycles. The van der Waals surface area contributed by atoms with Gasteiger partial charge in [-0.25, -0.2) is 4.98 Å². The molecule has 5 nitrogen and oxygen atoms in total. The number of nitrogens with zero attached hydrogens (tertiary/aromatic N) is 3. The first-order chi connectivity index (χ1) is 12.6. The van der Waals surface area contributed by atoms with Gasteiger partial charge in [-0.1, -0.05) is 30.3 Å². The number of aliphatic hydroxyl groups excluding tert-OH is 1. The van der Waals surface area contributed by atoms with Gasteiger partial charge in [0.1, 0.15) is 0 Å². The second-order valence-corrected chi connectivity index (χ2v) is 7.89. The van der Waals surface area contributed by atoms with Crippen molar-refractivity contribution in [3.8, 4) is 0 Å². The van der Waals surface area contributed by atoms with Crippen LogP contribution >= 0.6 is 11.3 Å². The minimum Gasteiger partial charge on any atom is -0.388 e. The average Bonchev–Trinajstić information content (AvgIpc) is 3.04. The molecular formula is C20H23N3O2S. The summed E-state index contributed by atoms with van der Waals surface area (Å²) in [7, 11) is 0. The number of piperidine rings is 1. The predicted octanol–water partition coefficient (Wildman–Crippen LogP) is 3.01. The van der Waals surface area contributed by atoms with Gasteiger partial charge in [-0.2, -0.15) is 0 Å². The Bertz CT molecular complexity index is 943. The second kappa shape index (κ2) is 7.31. The molecule has 1 atom stereocenters. The van der Waals surface area contributed by atoms with Crippen LogP contribution in [0.3, 0.4) is 0 Å². The normalized spacial score (nSPS) is 17.6. The van der Waals surface area contributed by atoms with E-state index in [9.17, 15) is 9.90 Å². The van der Waals surface area contributed by atoms with Crippen molar-refractivity contribution in [2.75, 3.05) is 13.1 Å². The summed E-state index contributed by atoms with van der Waals surface area (Å²) in [4.78, 5) is 20.0. The van der Waals surface area contributed by atoms with Crippen molar-refractivity contribution in [3.05, 3.63) is 69.1 Å². The van der Waals surface area contributed by atoms with Crippen LogP contribution in [0.1, 0.15) is 35.9 Å². The van der Waals surface area contributed by atoms with Gasteiger partial charge in [0, 0.05) is 23.7 Å². The lowest BCUT2D eigenvalue weighted by Crippen LogP contribution is -2.35. The molecule has 1 N–H and O–H groups in total. The van der Waals surface area contributed by atoms with Crippen molar-refractivity contribution in [1.29, 1.82) is 0 Å². The van der Waals surface area contributed by atoms with E-state index in [1.165, 1.54) is 11.3 Å². The molecule has 0 spiro atoms. The Labute approximate surface area is 156 Å². The first-order valence-electron chi connectivity index (χ1n) is 9.04. The van der Waals surface area contributed by atoms with Gasteiger partial charge in [-0.05, 0) is 44.3 Å². The fraction of sp³-hybridized carbons (Fsp3) is 0.400. The Morgan fingerprint density at radius 2 is 2.00 bits per heavy atom. The monoisotopic (exact) mass is 369 g/mol. The average molecular weight is 369 g/mol. The SMILES string of the molecule is Cc1csc2nc(CN3CCC([C@@H](O)c4ccccc4)CC3)cc(=O)n12. The molecule has 0 bridgehead atoms. The van der Waals surface area contributed by atoms with Gasteiger partial charge in [0.05, 0.1) is 11.8 Å². The summed E-state index contributed by atoms with van der Waals surface area (Å²) < 4.78 is 1.66. The maximum absolute atomic E-state index is 12.3. The lowest BCUT2D eigenvalue weighted by molar-refractivity contribution is 0.0564. The second-order valence-electron chi connectivity index (χ2n) is 7.05. The standard InChI is InChI=1S/C20H23N3O2S/c1-14-13-26-20-21-17(11-18(24)23(14)20)12-22-9-7-16(8-10-22)19(25)15-5-3-2-4-6-15/h2-6,11,13,16,19,25H,7-10,12H2,1H3/t19-/m0/s1. The molecule has 26 heavy (non-hydrogen) atoms. The topological polar surface area (TPSA) is 57.8 Å². The zero-order chi connectivity index (χ0) is 18.1. The summed E-state index contributed by atoms with van der Waals surface area (Å²) >= 11 is 1.51. The Balaban J connectivity index is 1.40. The zero-order valence-corrected chi connectivity index (χ0v) is 15.7. The van der Waals surface area contributed by atoms with Crippen molar-refractivity contribution in [2.45, 2.75) is 32.4 Å². The van der Waals surface area contributed by atoms with Crippen LogP contribution < -0.4 is 5.56 Å². The van der Waals surface area contributed by atoms with Crippen molar-refractivity contribution in [2.24, 2.45) is 5.92 Å². The number of aryl methyl sites for hydroxylation is 1. The van der Waals surface area contributed by atoms with Crippen molar-refractivity contribution >= 4 is 16.3 Å². The smallest absolute Gasteiger partial charge is 0.259 e. The highest BCUT2D eigenvalue weighted by Crippen LogP contribution is 2.30. The minimum absolute atomic E-state index is 0.00173. The Morgan fingerprint density at radius 1 is 1.27 bits per heavy atom. The van der Waals surface area contributed by atoms with Gasteiger partial charge >= 0.3 is 0 Å². The number of benzene rings is 1. The van der Waals surface area contributed by atoms with Crippen LogP contribution in [-0.2, 0) is 6.54 Å². The molecule has 0 amide bonds. The summed E-state index contributed by atoms with van der Waals surface area (Å²) in [6.07, 6.45) is 1.51. The Hall–Kier alpha value is -2.02. The molecule has 4 rings (SSSR count). The van der Waals surface area contributed by atoms with Crippen LogP contribution in [0.5, 0.6) is 0 Å². The molecule has 3 aromatic rings. The molecule has 0 unspecified atom stereocenters. The van der Waals surface area contributed by atoms with E-state index in [0.717, 1.165) is 47.8 Å². The number of aliphatic hydroxyl groups is 1. The zero-order valence-electron chi connectivity index (χ0n) is 14.8. The fourth-order valence-electron chi connectivity index (χ4n) is 3.76. The molecule has 6 heteroatoms. The summed E-state index contributed by atoms with van der Waals surface area (Å²) in [5.41, 5.74) is 2.76. The molecule has 1 fully saturated rings. The molecule has 0 saturated carbocycles. The molecule has 0 aliphatic carbocycles. The molecule has 136 valence electrons. The van der Waals surface area contributed by atoms with Crippen LogP contribution in [0.2, 0.25) is 0 Å². The first kappa shape index (κ1) is 17.4. The molecule has 1 aromatic carbocycles. The maximum atomic E-state index is 12.3. The third kappa shape index (κ3) is 3.45. The van der Waals surface area contributed by atoms with E-state index >= 15 is 0 Å². The Morgan fingerprint density at radius 3 is 2.73 bits per heavy atom. The van der Waals surface area contributed by atoms with Crippen molar-refractivity contribution < 1.29 is 5.11 Å². The van der Waals surface area contributed by atoms with E-state index in [1.807, 2.05) is 42.6 Å². The van der Waals surface area contributed by atoms with E-state index < -0.39 is 6.10 Å². The van der Waals surface area contributed by atoms with E-state index in [4.69, 9.17) is 0 Å². The van der Waals surface area contributed by atoms with Gasteiger partial charge in [0.15, 0.2) is 4.96 Å². The molecule has 1 saturated heterocycles. The maximum Gasteiger partial charge on any atom is 0.259 e. The summed E-state index contributed by atoms with van der Waals surface area (Å²) in [5, 5.41) is 12.6.